The van der Waals surface area contributed by atoms with Crippen molar-refractivity contribution in [1.82, 2.24) is 24.8 Å². The zero-order valence-corrected chi connectivity index (χ0v) is 21.0. The number of benzene rings is 1. The van der Waals surface area contributed by atoms with E-state index in [2.05, 4.69) is 52.2 Å². The average molecular weight is 496 g/mol. The van der Waals surface area contributed by atoms with Crippen LogP contribution in [0.2, 0.25) is 0 Å². The molecule has 1 unspecified atom stereocenters. The Morgan fingerprint density at radius 3 is 2.47 bits per heavy atom. The predicted molar refractivity (Wildman–Crippen MR) is 138 cm³/mol. The van der Waals surface area contributed by atoms with Gasteiger partial charge in [0.15, 0.2) is 11.6 Å². The first kappa shape index (κ1) is 24.1. The van der Waals surface area contributed by atoms with Gasteiger partial charge in [-0.05, 0) is 39.4 Å². The van der Waals surface area contributed by atoms with E-state index < -0.39 is 11.6 Å². The molecule has 0 saturated carbocycles. The van der Waals surface area contributed by atoms with Crippen LogP contribution < -0.4 is 20.4 Å². The number of aromatic nitrogens is 4. The molecule has 2 N–H and O–H groups in total. The smallest absolute Gasteiger partial charge is 0.229 e. The second-order valence-corrected chi connectivity index (χ2v) is 9.37. The van der Waals surface area contributed by atoms with Crippen molar-refractivity contribution in [1.29, 1.82) is 0 Å². The molecule has 4 heterocycles. The van der Waals surface area contributed by atoms with Gasteiger partial charge in [0.25, 0.3) is 0 Å². The molecule has 36 heavy (non-hydrogen) atoms. The van der Waals surface area contributed by atoms with Crippen LogP contribution in [0.15, 0.2) is 30.7 Å². The first-order chi connectivity index (χ1) is 17.3. The van der Waals surface area contributed by atoms with Crippen LogP contribution >= 0.6 is 0 Å². The highest BCUT2D eigenvalue weighted by atomic mass is 19.1. The van der Waals surface area contributed by atoms with E-state index in [4.69, 9.17) is 0 Å². The van der Waals surface area contributed by atoms with Gasteiger partial charge in [0, 0.05) is 37.8 Å². The molecular weight excluding hydrogens is 464 g/mol. The van der Waals surface area contributed by atoms with Crippen LogP contribution in [0.1, 0.15) is 27.7 Å². The molecule has 5 rings (SSSR count). The molecule has 1 fully saturated rings. The molecule has 9 nitrogen and oxygen atoms in total. The monoisotopic (exact) mass is 495 g/mol. The Labute approximate surface area is 209 Å². The van der Waals surface area contributed by atoms with Gasteiger partial charge in [-0.3, -0.25) is 0 Å². The Balaban J connectivity index is 1.36. The third-order valence-corrected chi connectivity index (χ3v) is 6.71. The molecule has 190 valence electrons. The number of halogens is 2. The van der Waals surface area contributed by atoms with E-state index in [0.717, 1.165) is 44.7 Å². The highest BCUT2D eigenvalue weighted by molar-refractivity contribution is 5.82. The van der Waals surface area contributed by atoms with Gasteiger partial charge in [-0.15, -0.1) is 0 Å². The standard InChI is InChI=1S/C25H31F2N9/c1-5-34-6-8-35(9-7-34)22-14-28-21(13-29-22)32-25-30-12-19(27)23(33-25)17-10-18(26)24-20(11-17)36(15(2)3)16(4)31-24/h10-16,31H,5-9H2,1-4H3,(H,28,30,32,33). The quantitative estimate of drug-likeness (QED) is 0.525. The van der Waals surface area contributed by atoms with Gasteiger partial charge in [-0.25, -0.2) is 28.7 Å². The number of nitrogens with zero attached hydrogens (tertiary/aromatic N) is 7. The third-order valence-electron chi connectivity index (χ3n) is 6.71. The van der Waals surface area contributed by atoms with Gasteiger partial charge >= 0.3 is 0 Å². The van der Waals surface area contributed by atoms with Crippen molar-refractivity contribution < 1.29 is 8.78 Å². The van der Waals surface area contributed by atoms with Crippen molar-refractivity contribution in [2.75, 3.05) is 53.2 Å². The van der Waals surface area contributed by atoms with Crippen molar-refractivity contribution in [2.45, 2.75) is 39.9 Å². The summed E-state index contributed by atoms with van der Waals surface area (Å²) in [5, 5.41) is 6.14. The van der Waals surface area contributed by atoms with E-state index in [1.54, 1.807) is 18.5 Å². The highest BCUT2D eigenvalue weighted by Gasteiger charge is 2.31. The maximum atomic E-state index is 15.0. The molecule has 0 spiro atoms. The van der Waals surface area contributed by atoms with E-state index in [9.17, 15) is 8.78 Å². The molecular formula is C25H31F2N9. The molecule has 1 aromatic carbocycles. The van der Waals surface area contributed by atoms with E-state index in [1.165, 1.54) is 6.07 Å². The summed E-state index contributed by atoms with van der Waals surface area (Å²) in [5.74, 6) is 0.308. The summed E-state index contributed by atoms with van der Waals surface area (Å²) in [6.45, 7) is 13.0. The third kappa shape index (κ3) is 4.62. The van der Waals surface area contributed by atoms with Crippen molar-refractivity contribution >= 4 is 29.0 Å². The van der Waals surface area contributed by atoms with Crippen LogP contribution in [0.4, 0.5) is 37.7 Å². The molecule has 0 bridgehead atoms. The van der Waals surface area contributed by atoms with E-state index in [1.807, 2.05) is 20.8 Å². The second-order valence-electron chi connectivity index (χ2n) is 9.37. The summed E-state index contributed by atoms with van der Waals surface area (Å²) < 4.78 is 29.7. The Bertz CT molecular complexity index is 1230. The molecule has 2 aliphatic rings. The predicted octanol–water partition coefficient (Wildman–Crippen LogP) is 4.08. The molecule has 3 aromatic rings. The van der Waals surface area contributed by atoms with Gasteiger partial charge < -0.3 is 25.3 Å². The lowest BCUT2D eigenvalue weighted by Gasteiger charge is -2.34. The molecule has 2 aliphatic heterocycles. The lowest BCUT2D eigenvalue weighted by atomic mass is 10.1. The minimum absolute atomic E-state index is 0.0100. The fourth-order valence-electron chi connectivity index (χ4n) is 4.87. The van der Waals surface area contributed by atoms with Crippen LogP contribution in [0.3, 0.4) is 0 Å². The van der Waals surface area contributed by atoms with Gasteiger partial charge in [-0.1, -0.05) is 6.92 Å². The van der Waals surface area contributed by atoms with Crippen molar-refractivity contribution in [3.05, 3.63) is 42.4 Å². The number of fused-ring (bicyclic) bond motifs is 1. The Morgan fingerprint density at radius 1 is 1.03 bits per heavy atom. The molecule has 0 aliphatic carbocycles. The number of hydrogen-bond donors (Lipinski definition) is 2. The number of rotatable bonds is 6. The van der Waals surface area contributed by atoms with E-state index in [0.29, 0.717) is 22.8 Å². The first-order valence-corrected chi connectivity index (χ1v) is 12.3. The number of hydrogen-bond acceptors (Lipinski definition) is 9. The first-order valence-electron chi connectivity index (χ1n) is 12.3. The lowest BCUT2D eigenvalue weighted by Crippen LogP contribution is -2.46. The summed E-state index contributed by atoms with van der Waals surface area (Å²) in [7, 11) is 0. The Kier molecular flexibility index (Phi) is 6.57. The van der Waals surface area contributed by atoms with E-state index in [-0.39, 0.29) is 23.8 Å². The highest BCUT2D eigenvalue weighted by Crippen LogP contribution is 2.41. The number of anilines is 5. The topological polar surface area (TPSA) is 85.3 Å². The van der Waals surface area contributed by atoms with Crippen molar-refractivity contribution in [2.24, 2.45) is 0 Å². The summed E-state index contributed by atoms with van der Waals surface area (Å²) >= 11 is 0. The SMILES string of the molecule is CCN1CCN(c2cnc(Nc3ncc(F)c(-c4cc(F)c5c(c4)N(C(C)C)C(C)N5)n3)cn2)CC1. The van der Waals surface area contributed by atoms with Crippen LogP contribution in [0.25, 0.3) is 11.3 Å². The van der Waals surface area contributed by atoms with Gasteiger partial charge in [0.1, 0.15) is 17.3 Å². The molecule has 1 saturated heterocycles. The van der Waals surface area contributed by atoms with Gasteiger partial charge in [0.2, 0.25) is 5.95 Å². The van der Waals surface area contributed by atoms with Crippen molar-refractivity contribution in [3.8, 4) is 11.3 Å². The van der Waals surface area contributed by atoms with Crippen LogP contribution in [-0.4, -0.2) is 69.8 Å². The molecule has 2 aromatic heterocycles. The molecule has 1 atom stereocenters. The summed E-state index contributed by atoms with van der Waals surface area (Å²) in [4.78, 5) is 24.0. The minimum atomic E-state index is -0.636. The fourth-order valence-corrected chi connectivity index (χ4v) is 4.87. The van der Waals surface area contributed by atoms with Crippen LogP contribution in [0, 0.1) is 11.6 Å². The van der Waals surface area contributed by atoms with E-state index >= 15 is 0 Å². The van der Waals surface area contributed by atoms with Gasteiger partial charge in [0.05, 0.1) is 36.1 Å². The summed E-state index contributed by atoms with van der Waals surface area (Å²) in [5.41, 5.74) is 1.44. The molecule has 0 radical (unpaired) electrons. The number of piperazine rings is 1. The second kappa shape index (κ2) is 9.81. The zero-order chi connectivity index (χ0) is 25.4. The minimum Gasteiger partial charge on any atom is -0.361 e. The normalized spacial score (nSPS) is 17.9. The number of likely N-dealkylation sites (N-methyl/N-ethyl adjacent to an activating group) is 1. The fraction of sp³-hybridized carbons (Fsp3) is 0.440. The lowest BCUT2D eigenvalue weighted by molar-refractivity contribution is 0.270. The summed E-state index contributed by atoms with van der Waals surface area (Å²) in [6, 6.07) is 3.19. The number of nitrogens with one attached hydrogen (secondary N) is 2. The Hall–Kier alpha value is -3.60. The van der Waals surface area contributed by atoms with Crippen LogP contribution in [0.5, 0.6) is 0 Å². The summed E-state index contributed by atoms with van der Waals surface area (Å²) in [6.07, 6.45) is 4.32. The largest absolute Gasteiger partial charge is 0.361 e. The average Bonchev–Trinajstić information content (AvgIpc) is 3.22. The molecule has 11 heteroatoms. The molecule has 0 amide bonds. The van der Waals surface area contributed by atoms with Crippen LogP contribution in [-0.2, 0) is 0 Å². The maximum Gasteiger partial charge on any atom is 0.229 e. The zero-order valence-electron chi connectivity index (χ0n) is 21.0. The van der Waals surface area contributed by atoms with Gasteiger partial charge in [-0.2, -0.15) is 0 Å². The van der Waals surface area contributed by atoms with Crippen molar-refractivity contribution in [3.63, 3.8) is 0 Å². The Morgan fingerprint density at radius 2 is 1.81 bits per heavy atom. The maximum absolute atomic E-state index is 15.0.